The summed E-state index contributed by atoms with van der Waals surface area (Å²) in [7, 11) is 0. The van der Waals surface area contributed by atoms with Gasteiger partial charge in [-0.25, -0.2) is 0 Å². The summed E-state index contributed by atoms with van der Waals surface area (Å²) in [5.41, 5.74) is 1.75. The molecule has 0 atom stereocenters. The van der Waals surface area contributed by atoms with E-state index >= 15 is 0 Å². The van der Waals surface area contributed by atoms with Crippen LogP contribution >= 0.6 is 15.9 Å². The van der Waals surface area contributed by atoms with Gasteiger partial charge < -0.3 is 4.74 Å². The number of ether oxygens (including phenoxy) is 1. The van der Waals surface area contributed by atoms with Gasteiger partial charge in [-0.3, -0.25) is 4.79 Å². The predicted octanol–water partition coefficient (Wildman–Crippen LogP) is 3.61. The molecule has 0 amide bonds. The average Bonchev–Trinajstić information content (AvgIpc) is 2.25. The van der Waals surface area contributed by atoms with Crippen LogP contribution < -0.4 is 0 Å². The van der Waals surface area contributed by atoms with Crippen LogP contribution in [0.3, 0.4) is 0 Å². The molecule has 0 heterocycles. The van der Waals surface area contributed by atoms with Gasteiger partial charge in [0.2, 0.25) is 0 Å². The third-order valence-electron chi connectivity index (χ3n) is 2.07. The molecule has 0 spiro atoms. The van der Waals surface area contributed by atoms with Crippen LogP contribution in [0.2, 0.25) is 0 Å². The van der Waals surface area contributed by atoms with Crippen molar-refractivity contribution in [1.29, 1.82) is 0 Å². The Morgan fingerprint density at radius 3 is 2.56 bits per heavy atom. The lowest BCUT2D eigenvalue weighted by Crippen LogP contribution is -2.09. The summed E-state index contributed by atoms with van der Waals surface area (Å²) in [6.07, 6.45) is 0.799. The van der Waals surface area contributed by atoms with Crippen LogP contribution in [0.25, 0.3) is 0 Å². The molecule has 0 saturated carbocycles. The smallest absolute Gasteiger partial charge is 0.188 e. The maximum absolute atomic E-state index is 11.6. The lowest BCUT2D eigenvalue weighted by Gasteiger charge is -2.03. The first-order chi connectivity index (χ1) is 7.59. The topological polar surface area (TPSA) is 26.3 Å². The average molecular weight is 283 g/mol. The van der Waals surface area contributed by atoms with Gasteiger partial charge in [0.25, 0.3) is 0 Å². The van der Waals surface area contributed by atoms with Crippen LogP contribution in [-0.4, -0.2) is 19.0 Å². The second-order valence-electron chi connectivity index (χ2n) is 3.69. The van der Waals surface area contributed by atoms with Crippen molar-refractivity contribution in [2.75, 3.05) is 13.2 Å². The number of hydrogen-bond donors (Lipinski definition) is 0. The molecule has 86 valence electrons. The summed E-state index contributed by atoms with van der Waals surface area (Å²) in [6.45, 7) is 6.40. The molecule has 1 aromatic rings. The summed E-state index contributed by atoms with van der Waals surface area (Å²) in [4.78, 5) is 11.6. The highest BCUT2D eigenvalue weighted by Gasteiger charge is 2.05. The number of carbonyl (C=O) groups excluding carboxylic acids is 1. The lowest BCUT2D eigenvalue weighted by atomic mass is 10.1. The van der Waals surface area contributed by atoms with E-state index in [0.717, 1.165) is 16.5 Å². The van der Waals surface area contributed by atoms with Crippen molar-refractivity contribution in [1.82, 2.24) is 0 Å². The number of benzene rings is 1. The van der Waals surface area contributed by atoms with Gasteiger partial charge in [0.05, 0.1) is 6.61 Å². The van der Waals surface area contributed by atoms with E-state index in [-0.39, 0.29) is 12.4 Å². The van der Waals surface area contributed by atoms with Crippen LogP contribution in [-0.2, 0) is 4.74 Å². The van der Waals surface area contributed by atoms with Gasteiger partial charge in [-0.1, -0.05) is 33.6 Å². The Hall–Kier alpha value is -0.930. The molecule has 1 aromatic carbocycles. The minimum Gasteiger partial charge on any atom is -0.373 e. The first-order valence-electron chi connectivity index (χ1n) is 5.10. The van der Waals surface area contributed by atoms with E-state index in [1.165, 1.54) is 0 Å². The highest BCUT2D eigenvalue weighted by atomic mass is 79.9. The van der Waals surface area contributed by atoms with Crippen molar-refractivity contribution in [3.63, 3.8) is 0 Å². The Kier molecular flexibility index (Phi) is 5.43. The maximum atomic E-state index is 11.6. The summed E-state index contributed by atoms with van der Waals surface area (Å²) in [5.74, 6) is 0.00853. The molecule has 0 bridgehead atoms. The third kappa shape index (κ3) is 4.73. The van der Waals surface area contributed by atoms with Gasteiger partial charge in [0.1, 0.15) is 6.61 Å². The first-order valence-corrected chi connectivity index (χ1v) is 5.90. The number of hydrogen-bond acceptors (Lipinski definition) is 2. The van der Waals surface area contributed by atoms with Crippen molar-refractivity contribution in [2.24, 2.45) is 0 Å². The number of rotatable bonds is 6. The highest BCUT2D eigenvalue weighted by Crippen LogP contribution is 2.11. The van der Waals surface area contributed by atoms with E-state index in [0.29, 0.717) is 12.2 Å². The van der Waals surface area contributed by atoms with Crippen LogP contribution in [0.15, 0.2) is 40.9 Å². The predicted molar refractivity (Wildman–Crippen MR) is 68.7 cm³/mol. The van der Waals surface area contributed by atoms with Crippen LogP contribution in [0, 0.1) is 0 Å². The number of halogens is 1. The Bertz CT molecular complexity index is 368. The quantitative estimate of drug-likeness (QED) is 0.453. The molecule has 1 rings (SSSR count). The number of ketones is 1. The van der Waals surface area contributed by atoms with Crippen molar-refractivity contribution in [3.05, 3.63) is 46.5 Å². The summed E-state index contributed by atoms with van der Waals surface area (Å²) >= 11 is 3.32. The highest BCUT2D eigenvalue weighted by molar-refractivity contribution is 9.10. The zero-order chi connectivity index (χ0) is 12.0. The number of Topliss-reactive ketones (excluding diaryl/α,β-unsaturated/α-hetero) is 1. The van der Waals surface area contributed by atoms with Crippen molar-refractivity contribution in [2.45, 2.75) is 13.3 Å². The molecule has 0 unspecified atom stereocenters. The maximum Gasteiger partial charge on any atom is 0.188 e. The van der Waals surface area contributed by atoms with Crippen LogP contribution in [0.5, 0.6) is 0 Å². The fourth-order valence-corrected chi connectivity index (χ4v) is 1.39. The Morgan fingerprint density at radius 1 is 1.38 bits per heavy atom. The summed E-state index contributed by atoms with van der Waals surface area (Å²) < 4.78 is 6.23. The molecule has 0 aliphatic carbocycles. The molecule has 3 heteroatoms. The van der Waals surface area contributed by atoms with Gasteiger partial charge in [0, 0.05) is 10.0 Å². The van der Waals surface area contributed by atoms with Gasteiger partial charge in [-0.2, -0.15) is 0 Å². The summed E-state index contributed by atoms with van der Waals surface area (Å²) in [6, 6.07) is 7.27. The monoisotopic (exact) mass is 282 g/mol. The SMILES string of the molecule is C=C(C)CCOCC(=O)c1ccc(Br)cc1. The summed E-state index contributed by atoms with van der Waals surface area (Å²) in [5, 5.41) is 0. The van der Waals surface area contributed by atoms with Gasteiger partial charge in [-0.15, -0.1) is 6.58 Å². The minimum atomic E-state index is 0.00853. The van der Waals surface area contributed by atoms with Gasteiger partial charge >= 0.3 is 0 Å². The molecule has 16 heavy (non-hydrogen) atoms. The van der Waals surface area contributed by atoms with Crippen molar-refractivity contribution in [3.8, 4) is 0 Å². The van der Waals surface area contributed by atoms with E-state index < -0.39 is 0 Å². The first kappa shape index (κ1) is 13.1. The molecule has 0 N–H and O–H groups in total. The Morgan fingerprint density at radius 2 is 2.00 bits per heavy atom. The van der Waals surface area contributed by atoms with E-state index in [2.05, 4.69) is 22.5 Å². The third-order valence-corrected chi connectivity index (χ3v) is 2.60. The normalized spacial score (nSPS) is 10.1. The van der Waals surface area contributed by atoms with Crippen molar-refractivity contribution >= 4 is 21.7 Å². The van der Waals surface area contributed by atoms with Crippen LogP contribution in [0.1, 0.15) is 23.7 Å². The van der Waals surface area contributed by atoms with Crippen molar-refractivity contribution < 1.29 is 9.53 Å². The molecular weight excluding hydrogens is 268 g/mol. The Labute approximate surface area is 104 Å². The second-order valence-corrected chi connectivity index (χ2v) is 4.61. The molecule has 2 nitrogen and oxygen atoms in total. The van der Waals surface area contributed by atoms with Gasteiger partial charge in [0.15, 0.2) is 5.78 Å². The lowest BCUT2D eigenvalue weighted by molar-refractivity contribution is 0.0765. The zero-order valence-electron chi connectivity index (χ0n) is 9.33. The van der Waals surface area contributed by atoms with Crippen LogP contribution in [0.4, 0.5) is 0 Å². The molecule has 0 radical (unpaired) electrons. The molecule has 0 aliphatic heterocycles. The fourth-order valence-electron chi connectivity index (χ4n) is 1.13. The van der Waals surface area contributed by atoms with E-state index in [1.54, 1.807) is 12.1 Å². The van der Waals surface area contributed by atoms with E-state index in [1.807, 2.05) is 19.1 Å². The fraction of sp³-hybridized carbons (Fsp3) is 0.308. The minimum absolute atomic E-state index is 0.00853. The van der Waals surface area contributed by atoms with E-state index in [4.69, 9.17) is 4.74 Å². The second kappa shape index (κ2) is 6.61. The van der Waals surface area contributed by atoms with Gasteiger partial charge in [-0.05, 0) is 25.5 Å². The molecule has 0 fully saturated rings. The molecule has 0 aromatic heterocycles. The molecular formula is C13H15BrO2. The largest absolute Gasteiger partial charge is 0.373 e. The number of carbonyl (C=O) groups is 1. The molecule has 0 aliphatic rings. The molecule has 0 saturated heterocycles. The standard InChI is InChI=1S/C13H15BrO2/c1-10(2)7-8-16-9-13(15)11-3-5-12(14)6-4-11/h3-6H,1,7-9H2,2H3. The van der Waals surface area contributed by atoms with E-state index in [9.17, 15) is 4.79 Å². The Balaban J connectivity index is 2.35. The zero-order valence-corrected chi connectivity index (χ0v) is 10.9.